The summed E-state index contributed by atoms with van der Waals surface area (Å²) in [6.45, 7) is 5.61. The first-order valence-electron chi connectivity index (χ1n) is 7.07. The lowest BCUT2D eigenvalue weighted by molar-refractivity contribution is 0.310. The Bertz CT molecular complexity index is 779. The van der Waals surface area contributed by atoms with Gasteiger partial charge in [-0.1, -0.05) is 12.1 Å². The number of hydrogen-bond acceptors (Lipinski definition) is 4. The normalized spacial score (nSPS) is 19.8. The summed E-state index contributed by atoms with van der Waals surface area (Å²) in [5.41, 5.74) is 1.57. The second-order valence-electron chi connectivity index (χ2n) is 5.56. The van der Waals surface area contributed by atoms with Crippen LogP contribution in [0.2, 0.25) is 0 Å². The molecule has 7 heteroatoms. The first-order valence-corrected chi connectivity index (χ1v) is 8.51. The van der Waals surface area contributed by atoms with Crippen LogP contribution in [-0.2, 0) is 10.0 Å². The highest BCUT2D eigenvalue weighted by Crippen LogP contribution is 2.25. The van der Waals surface area contributed by atoms with Gasteiger partial charge in [0.15, 0.2) is 0 Å². The molecular formula is C15H20ClN3O2S. The van der Waals surface area contributed by atoms with E-state index in [2.05, 4.69) is 10.3 Å². The van der Waals surface area contributed by atoms with Crippen molar-refractivity contribution in [3.8, 4) is 0 Å². The fraction of sp³-hybridized carbons (Fsp3) is 0.400. The molecule has 0 amide bonds. The smallest absolute Gasteiger partial charge is 0.245 e. The molecule has 22 heavy (non-hydrogen) atoms. The summed E-state index contributed by atoms with van der Waals surface area (Å²) in [7, 11) is -3.50. The maximum Gasteiger partial charge on any atom is 0.245 e. The van der Waals surface area contributed by atoms with Gasteiger partial charge in [-0.25, -0.2) is 8.42 Å². The maximum absolute atomic E-state index is 12.9. The van der Waals surface area contributed by atoms with Crippen molar-refractivity contribution in [3.63, 3.8) is 0 Å². The van der Waals surface area contributed by atoms with E-state index in [0.29, 0.717) is 30.0 Å². The third kappa shape index (κ3) is 3.10. The zero-order valence-electron chi connectivity index (χ0n) is 12.6. The number of fused-ring (bicyclic) bond motifs is 1. The van der Waals surface area contributed by atoms with Crippen molar-refractivity contribution in [2.45, 2.75) is 24.8 Å². The lowest BCUT2D eigenvalue weighted by atomic mass is 10.2. The highest BCUT2D eigenvalue weighted by molar-refractivity contribution is 7.89. The molecule has 1 aliphatic heterocycles. The zero-order valence-corrected chi connectivity index (χ0v) is 14.2. The predicted octanol–water partition coefficient (Wildman–Crippen LogP) is 1.95. The van der Waals surface area contributed by atoms with Crippen molar-refractivity contribution in [3.05, 3.63) is 36.0 Å². The standard InChI is InChI=1S/C15H19N3O2S.ClH/c1-11-8-13-4-3-5-14(15(13)17-9-11)21(19,20)18-7-6-16-12(2)10-18;/h3-5,8-9,12,16H,6-7,10H2,1-2H3;1H. The summed E-state index contributed by atoms with van der Waals surface area (Å²) in [6.07, 6.45) is 1.71. The van der Waals surface area contributed by atoms with E-state index in [1.54, 1.807) is 22.6 Å². The Morgan fingerprint density at radius 1 is 1.36 bits per heavy atom. The second-order valence-corrected chi connectivity index (χ2v) is 7.47. The molecule has 1 fully saturated rings. The maximum atomic E-state index is 12.9. The lowest BCUT2D eigenvalue weighted by Crippen LogP contribution is -2.51. The van der Waals surface area contributed by atoms with Gasteiger partial charge in [0.25, 0.3) is 0 Å². The Labute approximate surface area is 137 Å². The lowest BCUT2D eigenvalue weighted by Gasteiger charge is -2.31. The van der Waals surface area contributed by atoms with Gasteiger partial charge >= 0.3 is 0 Å². The van der Waals surface area contributed by atoms with Gasteiger partial charge in [0.05, 0.1) is 5.52 Å². The van der Waals surface area contributed by atoms with Crippen molar-refractivity contribution in [2.24, 2.45) is 0 Å². The van der Waals surface area contributed by atoms with E-state index in [1.165, 1.54) is 0 Å². The van der Waals surface area contributed by atoms with Crippen molar-refractivity contribution < 1.29 is 8.42 Å². The topological polar surface area (TPSA) is 62.3 Å². The summed E-state index contributed by atoms with van der Waals surface area (Å²) in [5.74, 6) is 0. The third-order valence-electron chi connectivity index (χ3n) is 3.76. The van der Waals surface area contributed by atoms with Gasteiger partial charge in [0.2, 0.25) is 10.0 Å². The molecule has 0 bridgehead atoms. The summed E-state index contributed by atoms with van der Waals surface area (Å²) in [5, 5.41) is 4.12. The molecule has 2 aromatic rings. The van der Waals surface area contributed by atoms with Gasteiger partial charge in [0.1, 0.15) is 4.90 Å². The summed E-state index contributed by atoms with van der Waals surface area (Å²) in [6, 6.07) is 7.45. The number of nitrogens with one attached hydrogen (secondary N) is 1. The first-order chi connectivity index (χ1) is 9.98. The average Bonchev–Trinajstić information content (AvgIpc) is 2.46. The Morgan fingerprint density at radius 2 is 2.14 bits per heavy atom. The zero-order chi connectivity index (χ0) is 15.0. The van der Waals surface area contributed by atoms with Gasteiger partial charge in [-0.3, -0.25) is 4.98 Å². The minimum Gasteiger partial charge on any atom is -0.312 e. The summed E-state index contributed by atoms with van der Waals surface area (Å²) < 4.78 is 27.3. The predicted molar refractivity (Wildman–Crippen MR) is 90.0 cm³/mol. The van der Waals surface area contributed by atoms with E-state index < -0.39 is 10.0 Å². The number of hydrogen-bond donors (Lipinski definition) is 1. The van der Waals surface area contributed by atoms with E-state index in [4.69, 9.17) is 0 Å². The minimum absolute atomic E-state index is 0. The largest absolute Gasteiger partial charge is 0.312 e. The molecule has 1 aromatic heterocycles. The van der Waals surface area contributed by atoms with Crippen LogP contribution >= 0.6 is 12.4 Å². The van der Waals surface area contributed by atoms with Gasteiger partial charge < -0.3 is 5.32 Å². The van der Waals surface area contributed by atoms with Crippen molar-refractivity contribution in [1.29, 1.82) is 0 Å². The number of aryl methyl sites for hydroxylation is 1. The molecule has 1 atom stereocenters. The number of benzene rings is 1. The molecule has 1 saturated heterocycles. The molecule has 0 aliphatic carbocycles. The van der Waals surface area contributed by atoms with Crippen LogP contribution in [0.5, 0.6) is 0 Å². The molecule has 0 saturated carbocycles. The fourth-order valence-corrected chi connectivity index (χ4v) is 4.40. The first kappa shape index (κ1) is 17.1. The number of halogens is 1. The Morgan fingerprint density at radius 3 is 2.86 bits per heavy atom. The number of nitrogens with zero attached hydrogens (tertiary/aromatic N) is 2. The van der Waals surface area contributed by atoms with Gasteiger partial charge in [-0.15, -0.1) is 12.4 Å². The number of rotatable bonds is 2. The second kappa shape index (κ2) is 6.50. The molecule has 1 aliphatic rings. The van der Waals surface area contributed by atoms with Gasteiger partial charge in [-0.05, 0) is 31.5 Å². The van der Waals surface area contributed by atoms with Gasteiger partial charge in [0, 0.05) is 37.3 Å². The van der Waals surface area contributed by atoms with Crippen LogP contribution in [0.25, 0.3) is 10.9 Å². The molecule has 120 valence electrons. The molecule has 1 unspecified atom stereocenters. The number of aromatic nitrogens is 1. The minimum atomic E-state index is -3.50. The van der Waals surface area contributed by atoms with Crippen molar-refractivity contribution in [1.82, 2.24) is 14.6 Å². The molecule has 1 aromatic carbocycles. The molecule has 3 rings (SSSR count). The van der Waals surface area contributed by atoms with Crippen LogP contribution in [0.4, 0.5) is 0 Å². The molecule has 0 spiro atoms. The number of sulfonamides is 1. The van der Waals surface area contributed by atoms with Crippen molar-refractivity contribution >= 4 is 33.3 Å². The summed E-state index contributed by atoms with van der Waals surface area (Å²) >= 11 is 0. The van der Waals surface area contributed by atoms with E-state index in [-0.39, 0.29) is 18.4 Å². The van der Waals surface area contributed by atoms with Crippen LogP contribution < -0.4 is 5.32 Å². The van der Waals surface area contributed by atoms with E-state index in [0.717, 1.165) is 10.9 Å². The van der Waals surface area contributed by atoms with E-state index in [1.807, 2.05) is 26.0 Å². The highest BCUT2D eigenvalue weighted by atomic mass is 35.5. The molecule has 1 N–H and O–H groups in total. The Kier molecular flexibility index (Phi) is 5.07. The van der Waals surface area contributed by atoms with Crippen LogP contribution in [0.1, 0.15) is 12.5 Å². The van der Waals surface area contributed by atoms with E-state index >= 15 is 0 Å². The molecular weight excluding hydrogens is 322 g/mol. The van der Waals surface area contributed by atoms with Gasteiger partial charge in [-0.2, -0.15) is 4.31 Å². The van der Waals surface area contributed by atoms with Crippen LogP contribution in [0, 0.1) is 6.92 Å². The monoisotopic (exact) mass is 341 g/mol. The fourth-order valence-electron chi connectivity index (χ4n) is 2.71. The number of piperazine rings is 1. The number of pyridine rings is 1. The van der Waals surface area contributed by atoms with E-state index in [9.17, 15) is 8.42 Å². The average molecular weight is 342 g/mol. The quantitative estimate of drug-likeness (QED) is 0.907. The summed E-state index contributed by atoms with van der Waals surface area (Å²) in [4.78, 5) is 4.64. The molecule has 5 nitrogen and oxygen atoms in total. The SMILES string of the molecule is Cc1cnc2c(S(=O)(=O)N3CCNC(C)C3)cccc2c1.Cl. The number of para-hydroxylation sites is 1. The molecule has 2 heterocycles. The van der Waals surface area contributed by atoms with Crippen LogP contribution in [-0.4, -0.2) is 43.4 Å². The third-order valence-corrected chi connectivity index (χ3v) is 5.66. The Balaban J connectivity index is 0.00000176. The molecule has 0 radical (unpaired) electrons. The van der Waals surface area contributed by atoms with Crippen LogP contribution in [0.3, 0.4) is 0 Å². The highest BCUT2D eigenvalue weighted by Gasteiger charge is 2.30. The Hall–Kier alpha value is -1.21. The van der Waals surface area contributed by atoms with Crippen LogP contribution in [0.15, 0.2) is 35.4 Å². The van der Waals surface area contributed by atoms with Crippen molar-refractivity contribution in [2.75, 3.05) is 19.6 Å².